The van der Waals surface area contributed by atoms with Gasteiger partial charge in [0.2, 0.25) is 0 Å². The zero-order valence-corrected chi connectivity index (χ0v) is 9.46. The van der Waals surface area contributed by atoms with E-state index in [1.165, 1.54) is 25.2 Å². The first-order valence-electron chi connectivity index (χ1n) is 4.25. The number of hydrogen-bond acceptors (Lipinski definition) is 3. The van der Waals surface area contributed by atoms with E-state index >= 15 is 0 Å². The van der Waals surface area contributed by atoms with E-state index in [0.29, 0.717) is 5.13 Å². The van der Waals surface area contributed by atoms with Crippen LogP contribution < -0.4 is 5.32 Å². The minimum atomic E-state index is -1.87. The fraction of sp³-hybridized carbons (Fsp3) is 0.556. The Bertz CT molecular complexity index is 335. The topological polar surface area (TPSA) is 42.0 Å². The summed E-state index contributed by atoms with van der Waals surface area (Å²) in [6, 6.07) is 0. The molecule has 1 amide bonds. The Morgan fingerprint density at radius 3 is 2.43 bits per heavy atom. The molecule has 1 N–H and O–H groups in total. The van der Waals surface area contributed by atoms with Crippen molar-refractivity contribution in [2.45, 2.75) is 33.4 Å². The van der Waals surface area contributed by atoms with Crippen molar-refractivity contribution in [3.63, 3.8) is 0 Å². The summed E-state index contributed by atoms with van der Waals surface area (Å²) >= 11 is 1.35. The van der Waals surface area contributed by atoms with E-state index in [2.05, 4.69) is 10.3 Å². The molecular formula is C9H13FN2OS. The first-order chi connectivity index (χ1) is 6.30. The minimum Gasteiger partial charge on any atom is -0.299 e. The van der Waals surface area contributed by atoms with Crippen molar-refractivity contribution in [1.29, 1.82) is 0 Å². The van der Waals surface area contributed by atoms with Crippen LogP contribution >= 0.6 is 11.3 Å². The number of nitrogens with one attached hydrogen (secondary N) is 1. The maximum absolute atomic E-state index is 13.1. The lowest BCUT2D eigenvalue weighted by Gasteiger charge is -2.11. The van der Waals surface area contributed by atoms with Crippen LogP contribution in [0.2, 0.25) is 0 Å². The number of alkyl halides is 1. The van der Waals surface area contributed by atoms with E-state index in [9.17, 15) is 9.18 Å². The van der Waals surface area contributed by atoms with Crippen molar-refractivity contribution in [2.75, 3.05) is 5.32 Å². The fourth-order valence-corrected chi connectivity index (χ4v) is 1.58. The lowest BCUT2D eigenvalue weighted by atomic mass is 10.1. The van der Waals surface area contributed by atoms with Gasteiger partial charge in [-0.3, -0.25) is 10.1 Å². The summed E-state index contributed by atoms with van der Waals surface area (Å²) in [6.45, 7) is 6.19. The van der Waals surface area contributed by atoms with Crippen molar-refractivity contribution in [3.05, 3.63) is 10.6 Å². The van der Waals surface area contributed by atoms with Gasteiger partial charge in [0.1, 0.15) is 0 Å². The van der Waals surface area contributed by atoms with Crippen LogP contribution in [-0.2, 0) is 4.79 Å². The molecule has 0 spiro atoms. The Kier molecular flexibility index (Phi) is 2.89. The molecule has 1 aromatic rings. The van der Waals surface area contributed by atoms with E-state index in [-0.39, 0.29) is 0 Å². The van der Waals surface area contributed by atoms with Gasteiger partial charge in [0, 0.05) is 4.88 Å². The van der Waals surface area contributed by atoms with Gasteiger partial charge in [-0.15, -0.1) is 11.3 Å². The SMILES string of the molecule is Cc1nc(NC(=O)C(C)(C)F)sc1C. The van der Waals surface area contributed by atoms with Crippen LogP contribution in [-0.4, -0.2) is 16.6 Å². The zero-order valence-electron chi connectivity index (χ0n) is 8.64. The molecule has 0 saturated carbocycles. The lowest BCUT2D eigenvalue weighted by Crippen LogP contribution is -2.32. The summed E-state index contributed by atoms with van der Waals surface area (Å²) in [6.07, 6.45) is 0. The molecule has 0 unspecified atom stereocenters. The summed E-state index contributed by atoms with van der Waals surface area (Å²) in [5.41, 5.74) is -1.00. The molecule has 0 bridgehead atoms. The molecule has 0 radical (unpaired) electrons. The summed E-state index contributed by atoms with van der Waals surface area (Å²) in [5.74, 6) is -0.661. The van der Waals surface area contributed by atoms with E-state index in [0.717, 1.165) is 10.6 Å². The van der Waals surface area contributed by atoms with Gasteiger partial charge in [0.15, 0.2) is 10.8 Å². The fourth-order valence-electron chi connectivity index (χ4n) is 0.772. The quantitative estimate of drug-likeness (QED) is 0.825. The van der Waals surface area contributed by atoms with Gasteiger partial charge in [-0.25, -0.2) is 9.37 Å². The Morgan fingerprint density at radius 2 is 2.07 bits per heavy atom. The maximum atomic E-state index is 13.1. The number of aromatic nitrogens is 1. The van der Waals surface area contributed by atoms with Crippen LogP contribution in [0.1, 0.15) is 24.4 Å². The second-order valence-corrected chi connectivity index (χ2v) is 4.79. The van der Waals surface area contributed by atoms with Gasteiger partial charge in [0.05, 0.1) is 5.69 Å². The average molecular weight is 216 g/mol. The highest BCUT2D eigenvalue weighted by Gasteiger charge is 2.27. The van der Waals surface area contributed by atoms with Crippen molar-refractivity contribution < 1.29 is 9.18 Å². The predicted molar refractivity (Wildman–Crippen MR) is 55.4 cm³/mol. The number of carbonyl (C=O) groups excluding carboxylic acids is 1. The third kappa shape index (κ3) is 2.51. The number of aryl methyl sites for hydroxylation is 2. The lowest BCUT2D eigenvalue weighted by molar-refractivity contribution is -0.125. The Hall–Kier alpha value is -0.970. The molecule has 1 aromatic heterocycles. The minimum absolute atomic E-state index is 0.454. The molecule has 3 nitrogen and oxygen atoms in total. The second kappa shape index (κ2) is 3.65. The third-order valence-corrected chi connectivity index (χ3v) is 2.78. The van der Waals surface area contributed by atoms with Crippen molar-refractivity contribution in [3.8, 4) is 0 Å². The van der Waals surface area contributed by atoms with Crippen LogP contribution in [0.25, 0.3) is 0 Å². The van der Waals surface area contributed by atoms with Gasteiger partial charge in [-0.1, -0.05) is 0 Å². The average Bonchev–Trinajstić information content (AvgIpc) is 2.29. The summed E-state index contributed by atoms with van der Waals surface area (Å²) in [5, 5.41) is 2.89. The van der Waals surface area contributed by atoms with Crippen LogP contribution in [0.3, 0.4) is 0 Å². The largest absolute Gasteiger partial charge is 0.299 e. The van der Waals surface area contributed by atoms with E-state index < -0.39 is 11.6 Å². The third-order valence-electron chi connectivity index (χ3n) is 1.79. The molecule has 0 aliphatic heterocycles. The number of nitrogens with zero attached hydrogens (tertiary/aromatic N) is 1. The zero-order chi connectivity index (χ0) is 10.9. The molecule has 0 aliphatic carbocycles. The molecular weight excluding hydrogens is 203 g/mol. The van der Waals surface area contributed by atoms with Gasteiger partial charge in [-0.05, 0) is 27.7 Å². The summed E-state index contributed by atoms with van der Waals surface area (Å²) in [7, 11) is 0. The molecule has 0 fully saturated rings. The number of amides is 1. The maximum Gasteiger partial charge on any atom is 0.263 e. The number of hydrogen-bond donors (Lipinski definition) is 1. The van der Waals surface area contributed by atoms with Crippen LogP contribution in [0.4, 0.5) is 9.52 Å². The number of carbonyl (C=O) groups is 1. The van der Waals surface area contributed by atoms with Crippen LogP contribution in [0.5, 0.6) is 0 Å². The van der Waals surface area contributed by atoms with E-state index in [4.69, 9.17) is 0 Å². The van der Waals surface area contributed by atoms with Gasteiger partial charge >= 0.3 is 0 Å². The first-order valence-corrected chi connectivity index (χ1v) is 5.07. The molecule has 78 valence electrons. The molecule has 0 aliphatic rings. The normalized spacial score (nSPS) is 11.5. The van der Waals surface area contributed by atoms with Gasteiger partial charge < -0.3 is 0 Å². The molecule has 0 atom stereocenters. The van der Waals surface area contributed by atoms with Crippen LogP contribution in [0.15, 0.2) is 0 Å². The Balaban J connectivity index is 2.75. The Morgan fingerprint density at radius 1 is 1.50 bits per heavy atom. The standard InChI is InChI=1S/C9H13FN2OS/c1-5-6(2)14-8(11-5)12-7(13)9(3,4)10/h1-4H3,(H,11,12,13). The molecule has 0 saturated heterocycles. The van der Waals surface area contributed by atoms with Gasteiger partial charge in [0.25, 0.3) is 5.91 Å². The number of anilines is 1. The van der Waals surface area contributed by atoms with E-state index in [1.807, 2.05) is 13.8 Å². The number of thiazole rings is 1. The highest BCUT2D eigenvalue weighted by molar-refractivity contribution is 7.15. The smallest absolute Gasteiger partial charge is 0.263 e. The second-order valence-electron chi connectivity index (χ2n) is 3.59. The number of halogens is 1. The van der Waals surface area contributed by atoms with Gasteiger partial charge in [-0.2, -0.15) is 0 Å². The molecule has 1 rings (SSSR count). The van der Waals surface area contributed by atoms with Crippen molar-refractivity contribution in [1.82, 2.24) is 4.98 Å². The van der Waals surface area contributed by atoms with E-state index in [1.54, 1.807) is 0 Å². The predicted octanol–water partition coefficient (Wildman–Crippen LogP) is 2.45. The van der Waals surface area contributed by atoms with Crippen LogP contribution in [0, 0.1) is 13.8 Å². The van der Waals surface area contributed by atoms with Crippen molar-refractivity contribution >= 4 is 22.4 Å². The highest BCUT2D eigenvalue weighted by atomic mass is 32.1. The molecule has 14 heavy (non-hydrogen) atoms. The molecule has 1 heterocycles. The summed E-state index contributed by atoms with van der Waals surface area (Å²) in [4.78, 5) is 16.3. The van der Waals surface area contributed by atoms with Crippen molar-refractivity contribution in [2.24, 2.45) is 0 Å². The first kappa shape index (κ1) is 11.1. The Labute approximate surface area is 86.4 Å². The molecule has 5 heteroatoms. The number of rotatable bonds is 2. The monoisotopic (exact) mass is 216 g/mol. The highest BCUT2D eigenvalue weighted by Crippen LogP contribution is 2.22. The summed E-state index contributed by atoms with van der Waals surface area (Å²) < 4.78 is 13.1. The molecule has 0 aromatic carbocycles.